The summed E-state index contributed by atoms with van der Waals surface area (Å²) < 4.78 is 34.4. The van der Waals surface area contributed by atoms with Crippen LogP contribution in [0.15, 0.2) is 12.2 Å². The topological polar surface area (TPSA) is 307 Å². The maximum absolute atomic E-state index is 13.4. The Balaban J connectivity index is 1.42. The lowest BCUT2D eigenvalue weighted by Gasteiger charge is -2.48. The lowest BCUT2D eigenvalue weighted by Crippen LogP contribution is -2.66. The van der Waals surface area contributed by atoms with Crippen LogP contribution in [0.3, 0.4) is 0 Å². The highest BCUT2D eigenvalue weighted by atomic mass is 16.8. The molecule has 3 rings (SSSR count). The molecule has 17 unspecified atom stereocenters. The van der Waals surface area contributed by atoms with Crippen molar-refractivity contribution >= 4 is 5.91 Å². The molecule has 19 nitrogen and oxygen atoms in total. The molecule has 3 heterocycles. The van der Waals surface area contributed by atoms with E-state index in [0.29, 0.717) is 6.42 Å². The smallest absolute Gasteiger partial charge is 0.220 e. The van der Waals surface area contributed by atoms with Crippen molar-refractivity contribution in [3.05, 3.63) is 12.2 Å². The second kappa shape index (κ2) is 51.9. The van der Waals surface area contributed by atoms with Gasteiger partial charge in [0, 0.05) is 6.42 Å². The third-order valence-corrected chi connectivity index (χ3v) is 18.3. The first-order valence-electron chi connectivity index (χ1n) is 35.9. The Morgan fingerprint density at radius 3 is 1.07 bits per heavy atom. The highest BCUT2D eigenvalue weighted by molar-refractivity contribution is 5.76. The molecule has 3 saturated heterocycles. The molecule has 1 amide bonds. The summed E-state index contributed by atoms with van der Waals surface area (Å²) in [6, 6.07) is -0.968. The zero-order chi connectivity index (χ0) is 64.0. The van der Waals surface area contributed by atoms with E-state index in [1.807, 2.05) is 6.08 Å². The van der Waals surface area contributed by atoms with Gasteiger partial charge in [0.1, 0.15) is 73.2 Å². The van der Waals surface area contributed by atoms with E-state index in [0.717, 1.165) is 44.9 Å². The molecule has 0 aromatic heterocycles. The first-order valence-corrected chi connectivity index (χ1v) is 35.9. The minimum atomic E-state index is -1.98. The predicted octanol–water partition coefficient (Wildman–Crippen LogP) is 9.67. The van der Waals surface area contributed by atoms with Crippen molar-refractivity contribution in [2.75, 3.05) is 26.4 Å². The second-order valence-electron chi connectivity index (χ2n) is 26.1. The summed E-state index contributed by atoms with van der Waals surface area (Å²) in [4.78, 5) is 13.4. The molecule has 3 aliphatic rings. The summed E-state index contributed by atoms with van der Waals surface area (Å²) >= 11 is 0. The average molecular weight is 1260 g/mol. The van der Waals surface area contributed by atoms with Crippen LogP contribution in [0.2, 0.25) is 0 Å². The minimum Gasteiger partial charge on any atom is -0.394 e. The molecule has 0 bridgehead atoms. The normalized spacial score (nSPS) is 28.4. The van der Waals surface area contributed by atoms with Crippen molar-refractivity contribution in [1.29, 1.82) is 0 Å². The van der Waals surface area contributed by atoms with Crippen molar-refractivity contribution in [2.45, 2.75) is 394 Å². The molecule has 0 aromatic carbocycles. The van der Waals surface area contributed by atoms with Crippen LogP contribution in [-0.2, 0) is 33.2 Å². The first kappa shape index (κ1) is 80.8. The van der Waals surface area contributed by atoms with E-state index in [1.54, 1.807) is 6.08 Å². The van der Waals surface area contributed by atoms with Gasteiger partial charge in [-0.25, -0.2) is 0 Å². The summed E-state index contributed by atoms with van der Waals surface area (Å²) in [6.45, 7) is 1.78. The van der Waals surface area contributed by atoms with E-state index < -0.39 is 124 Å². The third-order valence-electron chi connectivity index (χ3n) is 18.3. The highest BCUT2D eigenvalue weighted by Crippen LogP contribution is 2.33. The Kier molecular flexibility index (Phi) is 47.6. The van der Waals surface area contributed by atoms with E-state index in [2.05, 4.69) is 19.2 Å². The molecule has 88 heavy (non-hydrogen) atoms. The molecule has 0 aromatic rings. The van der Waals surface area contributed by atoms with Gasteiger partial charge in [0.15, 0.2) is 18.9 Å². The Hall–Kier alpha value is -1.47. The summed E-state index contributed by atoms with van der Waals surface area (Å²) in [6.07, 6.45) is 30.5. The molecule has 3 aliphatic heterocycles. The van der Waals surface area contributed by atoms with Crippen LogP contribution in [0.4, 0.5) is 0 Å². The Morgan fingerprint density at radius 1 is 0.398 bits per heavy atom. The van der Waals surface area contributed by atoms with Gasteiger partial charge in [-0.3, -0.25) is 4.79 Å². The number of amides is 1. The lowest BCUT2D eigenvalue weighted by molar-refractivity contribution is -0.379. The maximum atomic E-state index is 13.4. The number of aliphatic hydroxyl groups excluding tert-OH is 11. The number of ether oxygens (including phenoxy) is 6. The Morgan fingerprint density at radius 2 is 0.705 bits per heavy atom. The molecule has 19 heteroatoms. The summed E-state index contributed by atoms with van der Waals surface area (Å²) in [5, 5.41) is 121. The van der Waals surface area contributed by atoms with Crippen LogP contribution in [-0.4, -0.2) is 193 Å². The van der Waals surface area contributed by atoms with Gasteiger partial charge in [-0.05, 0) is 19.3 Å². The fourth-order valence-corrected chi connectivity index (χ4v) is 12.5. The molecule has 520 valence electrons. The fourth-order valence-electron chi connectivity index (χ4n) is 12.5. The fraction of sp³-hybridized carbons (Fsp3) is 0.957. The van der Waals surface area contributed by atoms with Gasteiger partial charge >= 0.3 is 0 Å². The van der Waals surface area contributed by atoms with Crippen molar-refractivity contribution in [1.82, 2.24) is 5.32 Å². The van der Waals surface area contributed by atoms with E-state index in [4.69, 9.17) is 28.4 Å². The highest BCUT2D eigenvalue weighted by Gasteiger charge is 2.53. The lowest BCUT2D eigenvalue weighted by atomic mass is 9.96. The summed E-state index contributed by atoms with van der Waals surface area (Å²) in [7, 11) is 0. The van der Waals surface area contributed by atoms with Gasteiger partial charge in [-0.2, -0.15) is 0 Å². The third kappa shape index (κ3) is 33.6. The second-order valence-corrected chi connectivity index (χ2v) is 26.1. The minimum absolute atomic E-state index is 0.250. The summed E-state index contributed by atoms with van der Waals surface area (Å²) in [5.41, 5.74) is 0. The zero-order valence-electron chi connectivity index (χ0n) is 55.0. The van der Waals surface area contributed by atoms with Crippen molar-refractivity contribution in [3.63, 3.8) is 0 Å². The number of unbranched alkanes of at least 4 members (excludes halogenated alkanes) is 40. The molecule has 0 aliphatic carbocycles. The number of rotatable bonds is 56. The summed E-state index contributed by atoms with van der Waals surface area (Å²) in [5.74, 6) is -0.269. The monoisotopic (exact) mass is 1260 g/mol. The number of allylic oxidation sites excluding steroid dienone is 1. The quantitative estimate of drug-likeness (QED) is 0.0199. The maximum Gasteiger partial charge on any atom is 0.220 e. The number of hydrogen-bond donors (Lipinski definition) is 12. The van der Waals surface area contributed by atoms with Crippen LogP contribution in [0.5, 0.6) is 0 Å². The van der Waals surface area contributed by atoms with Gasteiger partial charge in [0.25, 0.3) is 0 Å². The number of carbonyl (C=O) groups excluding carboxylic acids is 1. The molecular formula is C69H131NO18. The van der Waals surface area contributed by atoms with Gasteiger partial charge in [0.2, 0.25) is 5.91 Å². The Bertz CT molecular complexity index is 1650. The molecule has 0 spiro atoms. The van der Waals surface area contributed by atoms with E-state index in [1.165, 1.54) is 218 Å². The number of hydrogen-bond acceptors (Lipinski definition) is 18. The molecule has 12 N–H and O–H groups in total. The van der Waals surface area contributed by atoms with Gasteiger partial charge in [-0.1, -0.05) is 276 Å². The van der Waals surface area contributed by atoms with Crippen molar-refractivity contribution in [2.24, 2.45) is 0 Å². The van der Waals surface area contributed by atoms with Gasteiger partial charge in [0.05, 0.1) is 38.6 Å². The van der Waals surface area contributed by atoms with E-state index in [9.17, 15) is 61.0 Å². The molecule has 0 saturated carbocycles. The predicted molar refractivity (Wildman–Crippen MR) is 342 cm³/mol. The van der Waals surface area contributed by atoms with Crippen LogP contribution in [0, 0.1) is 0 Å². The average Bonchev–Trinajstić information content (AvgIpc) is 3.69. The Labute approximate surface area is 531 Å². The van der Waals surface area contributed by atoms with E-state index in [-0.39, 0.29) is 18.9 Å². The van der Waals surface area contributed by atoms with Crippen molar-refractivity contribution in [3.8, 4) is 0 Å². The van der Waals surface area contributed by atoms with Crippen LogP contribution >= 0.6 is 0 Å². The standard InChI is InChI=1S/C69H131NO18/c1-3-5-7-9-11-13-15-17-19-21-22-23-24-25-26-27-28-29-31-32-34-36-38-40-42-44-46-53(74)52(70-57(75)47-45-43-41-39-37-35-33-30-20-18-16-14-12-10-8-6-4-2)51-83-67-63(81)60(78)65(55(49-72)85-67)88-69-64(82)61(79)66(56(50-73)86-69)87-68-62(80)59(77)58(76)54(48-71)84-68/h44,46,52-56,58-69,71-74,76-82H,3-43,45,47-51H2,1-2H3,(H,70,75)/b46-44+. The first-order chi connectivity index (χ1) is 42.8. The van der Waals surface area contributed by atoms with Crippen LogP contribution in [0.1, 0.15) is 290 Å². The number of carbonyl (C=O) groups is 1. The van der Waals surface area contributed by atoms with E-state index >= 15 is 0 Å². The van der Waals surface area contributed by atoms with Crippen LogP contribution < -0.4 is 5.32 Å². The molecular weight excluding hydrogens is 1130 g/mol. The van der Waals surface area contributed by atoms with Gasteiger partial charge < -0.3 is 89.9 Å². The molecule has 17 atom stereocenters. The molecule has 3 fully saturated rings. The zero-order valence-corrected chi connectivity index (χ0v) is 55.0. The molecule has 0 radical (unpaired) electrons. The largest absolute Gasteiger partial charge is 0.394 e. The SMILES string of the molecule is CCCCCCCCCCCCCCCCCCCCCCCCCC/C=C/C(O)C(COC1OC(CO)C(OC2OC(CO)C(OC3OC(CO)C(O)C(O)C3O)C(O)C2O)C(O)C1O)NC(=O)CCCCCCCCCCCCCCCCCCC. The number of aliphatic hydroxyl groups is 11. The van der Waals surface area contributed by atoms with Crippen LogP contribution in [0.25, 0.3) is 0 Å². The number of nitrogens with one attached hydrogen (secondary N) is 1. The van der Waals surface area contributed by atoms with Gasteiger partial charge in [-0.15, -0.1) is 0 Å². The van der Waals surface area contributed by atoms with Crippen molar-refractivity contribution < 1.29 is 89.4 Å².